The molecule has 1 heterocycles. The van der Waals surface area contributed by atoms with E-state index in [-0.39, 0.29) is 0 Å². The predicted octanol–water partition coefficient (Wildman–Crippen LogP) is 4.18. The van der Waals surface area contributed by atoms with Gasteiger partial charge < -0.3 is 5.32 Å². The third-order valence-electron chi connectivity index (χ3n) is 3.22. The van der Waals surface area contributed by atoms with Crippen LogP contribution in [0.3, 0.4) is 0 Å². The van der Waals surface area contributed by atoms with E-state index in [0.717, 1.165) is 13.0 Å². The molecule has 2 nitrogen and oxygen atoms in total. The maximum Gasteiger partial charge on any atom is 0.0602 e. The van der Waals surface area contributed by atoms with Crippen LogP contribution in [-0.2, 0) is 0 Å². The van der Waals surface area contributed by atoms with Gasteiger partial charge in [0.1, 0.15) is 0 Å². The third kappa shape index (κ3) is 4.77. The molecule has 0 aliphatic carbocycles. The second-order valence-electron chi connectivity index (χ2n) is 6.42. The molecule has 0 saturated carbocycles. The first-order chi connectivity index (χ1) is 8.33. The molecule has 0 spiro atoms. The van der Waals surface area contributed by atoms with E-state index in [0.29, 0.717) is 11.5 Å². The maximum absolute atomic E-state index is 4.63. The van der Waals surface area contributed by atoms with Gasteiger partial charge in [-0.3, -0.25) is 4.98 Å². The first kappa shape index (κ1) is 15.2. The van der Waals surface area contributed by atoms with Gasteiger partial charge in [0.05, 0.1) is 5.69 Å². The lowest BCUT2D eigenvalue weighted by molar-refractivity contribution is 0.331. The Morgan fingerprint density at radius 3 is 2.44 bits per heavy atom. The first-order valence-electron chi connectivity index (χ1n) is 7.00. The quantitative estimate of drug-likeness (QED) is 0.845. The molecule has 0 aliphatic rings. The molecule has 0 saturated heterocycles. The highest BCUT2D eigenvalue weighted by atomic mass is 14.9. The summed E-state index contributed by atoms with van der Waals surface area (Å²) >= 11 is 0. The number of hydrogen-bond donors (Lipinski definition) is 1. The monoisotopic (exact) mass is 248 g/mol. The fourth-order valence-electron chi connectivity index (χ4n) is 2.25. The van der Waals surface area contributed by atoms with Gasteiger partial charge in [-0.05, 0) is 49.8 Å². The van der Waals surface area contributed by atoms with Gasteiger partial charge in [0.25, 0.3) is 0 Å². The van der Waals surface area contributed by atoms with E-state index in [1.807, 2.05) is 6.20 Å². The highest BCUT2D eigenvalue weighted by Crippen LogP contribution is 2.28. The average molecular weight is 248 g/mol. The van der Waals surface area contributed by atoms with E-state index in [9.17, 15) is 0 Å². The molecule has 0 aromatic carbocycles. The minimum absolute atomic E-state index is 0.381. The number of aryl methyl sites for hydroxylation is 2. The zero-order valence-corrected chi connectivity index (χ0v) is 12.8. The van der Waals surface area contributed by atoms with Crippen molar-refractivity contribution in [3.8, 4) is 0 Å². The van der Waals surface area contributed by atoms with Gasteiger partial charge in [-0.1, -0.05) is 33.8 Å². The van der Waals surface area contributed by atoms with Gasteiger partial charge in [-0.15, -0.1) is 0 Å². The van der Waals surface area contributed by atoms with Crippen molar-refractivity contribution in [2.24, 2.45) is 5.41 Å². The molecule has 1 aromatic heterocycles. The summed E-state index contributed by atoms with van der Waals surface area (Å²) in [6.07, 6.45) is 4.33. The molecule has 2 heteroatoms. The Morgan fingerprint density at radius 1 is 1.28 bits per heavy atom. The summed E-state index contributed by atoms with van der Waals surface area (Å²) in [5.41, 5.74) is 4.13. The lowest BCUT2D eigenvalue weighted by Crippen LogP contribution is -2.24. The highest BCUT2D eigenvalue weighted by molar-refractivity contribution is 5.25. The Labute approximate surface area is 112 Å². The molecule has 0 radical (unpaired) electrons. The lowest BCUT2D eigenvalue weighted by Gasteiger charge is -2.24. The molecular formula is C16H28N2. The van der Waals surface area contributed by atoms with Crippen LogP contribution in [0, 0.1) is 19.3 Å². The molecular weight excluding hydrogens is 220 g/mol. The molecule has 1 atom stereocenters. The number of rotatable bonds is 5. The van der Waals surface area contributed by atoms with Gasteiger partial charge >= 0.3 is 0 Å². The number of nitrogens with one attached hydrogen (secondary N) is 1. The Bertz CT molecular complexity index is 377. The fraction of sp³-hybridized carbons (Fsp3) is 0.688. The van der Waals surface area contributed by atoms with Crippen molar-refractivity contribution in [1.29, 1.82) is 0 Å². The van der Waals surface area contributed by atoms with Crippen molar-refractivity contribution in [3.63, 3.8) is 0 Å². The second-order valence-corrected chi connectivity index (χ2v) is 6.42. The van der Waals surface area contributed by atoms with Crippen molar-refractivity contribution in [2.75, 3.05) is 6.54 Å². The zero-order valence-electron chi connectivity index (χ0n) is 12.8. The largest absolute Gasteiger partial charge is 0.309 e. The van der Waals surface area contributed by atoms with E-state index in [1.54, 1.807) is 0 Å². The summed E-state index contributed by atoms with van der Waals surface area (Å²) < 4.78 is 0. The van der Waals surface area contributed by atoms with Crippen molar-refractivity contribution in [1.82, 2.24) is 10.3 Å². The standard InChI is InChI=1S/C16H28N2/c1-7-17-14(8-9-16(4,5)6)15-13(3)10-12(2)11-18-15/h10-11,14,17H,7-9H2,1-6H3. The minimum Gasteiger partial charge on any atom is -0.309 e. The van der Waals surface area contributed by atoms with Crippen molar-refractivity contribution < 1.29 is 0 Å². The first-order valence-corrected chi connectivity index (χ1v) is 7.00. The van der Waals surface area contributed by atoms with E-state index in [1.165, 1.54) is 23.2 Å². The zero-order chi connectivity index (χ0) is 13.8. The fourth-order valence-corrected chi connectivity index (χ4v) is 2.25. The molecule has 0 amide bonds. The topological polar surface area (TPSA) is 24.9 Å². The van der Waals surface area contributed by atoms with Crippen LogP contribution in [0.2, 0.25) is 0 Å². The summed E-state index contributed by atoms with van der Waals surface area (Å²) in [7, 11) is 0. The smallest absolute Gasteiger partial charge is 0.0602 e. The SMILES string of the molecule is CCNC(CCC(C)(C)C)c1ncc(C)cc1C. The van der Waals surface area contributed by atoms with Crippen molar-refractivity contribution in [3.05, 3.63) is 29.1 Å². The highest BCUT2D eigenvalue weighted by Gasteiger charge is 2.18. The van der Waals surface area contributed by atoms with Gasteiger partial charge in [0, 0.05) is 12.2 Å². The van der Waals surface area contributed by atoms with Crippen LogP contribution < -0.4 is 5.32 Å². The predicted molar refractivity (Wildman–Crippen MR) is 78.8 cm³/mol. The normalized spacial score (nSPS) is 13.7. The molecule has 1 unspecified atom stereocenters. The van der Waals surface area contributed by atoms with Gasteiger partial charge in [-0.25, -0.2) is 0 Å². The van der Waals surface area contributed by atoms with Gasteiger partial charge in [0.2, 0.25) is 0 Å². The molecule has 0 aliphatic heterocycles. The van der Waals surface area contributed by atoms with Crippen LogP contribution >= 0.6 is 0 Å². The van der Waals surface area contributed by atoms with E-state index >= 15 is 0 Å². The van der Waals surface area contributed by atoms with Crippen LogP contribution in [0.25, 0.3) is 0 Å². The summed E-state index contributed by atoms with van der Waals surface area (Å²) in [6.45, 7) is 14.3. The minimum atomic E-state index is 0.381. The molecule has 0 fully saturated rings. The third-order valence-corrected chi connectivity index (χ3v) is 3.22. The van der Waals surface area contributed by atoms with E-state index in [4.69, 9.17) is 0 Å². The summed E-state index contributed by atoms with van der Waals surface area (Å²) in [6, 6.07) is 2.61. The Morgan fingerprint density at radius 2 is 1.94 bits per heavy atom. The molecule has 1 rings (SSSR count). The molecule has 1 aromatic rings. The number of aromatic nitrogens is 1. The van der Waals surface area contributed by atoms with Crippen LogP contribution in [0.5, 0.6) is 0 Å². The Hall–Kier alpha value is -0.890. The molecule has 18 heavy (non-hydrogen) atoms. The van der Waals surface area contributed by atoms with Crippen LogP contribution in [0.15, 0.2) is 12.3 Å². The Balaban J connectivity index is 2.83. The van der Waals surface area contributed by atoms with Gasteiger partial charge in [0.15, 0.2) is 0 Å². The van der Waals surface area contributed by atoms with Gasteiger partial charge in [-0.2, -0.15) is 0 Å². The average Bonchev–Trinajstić information content (AvgIpc) is 2.24. The van der Waals surface area contributed by atoms with Crippen LogP contribution in [0.1, 0.15) is 63.4 Å². The molecule has 1 N–H and O–H groups in total. The molecule has 102 valence electrons. The summed E-state index contributed by atoms with van der Waals surface area (Å²) in [4.78, 5) is 4.63. The summed E-state index contributed by atoms with van der Waals surface area (Å²) in [5, 5.41) is 3.57. The van der Waals surface area contributed by atoms with Crippen molar-refractivity contribution in [2.45, 2.75) is 60.4 Å². The summed E-state index contributed by atoms with van der Waals surface area (Å²) in [5.74, 6) is 0. The van der Waals surface area contributed by atoms with E-state index in [2.05, 4.69) is 57.9 Å². The Kier molecular flexibility index (Phi) is 5.33. The second kappa shape index (κ2) is 6.33. The van der Waals surface area contributed by atoms with Crippen LogP contribution in [-0.4, -0.2) is 11.5 Å². The van der Waals surface area contributed by atoms with Crippen molar-refractivity contribution >= 4 is 0 Å². The van der Waals surface area contributed by atoms with E-state index < -0.39 is 0 Å². The number of pyridine rings is 1. The lowest BCUT2D eigenvalue weighted by atomic mass is 9.87. The number of hydrogen-bond acceptors (Lipinski definition) is 2. The molecule has 0 bridgehead atoms. The van der Waals surface area contributed by atoms with Crippen LogP contribution in [0.4, 0.5) is 0 Å². The maximum atomic E-state index is 4.63. The number of nitrogens with zero attached hydrogens (tertiary/aromatic N) is 1.